The second kappa shape index (κ2) is 5.11. The third kappa shape index (κ3) is 3.69. The number of hydrogen-bond acceptors (Lipinski definition) is 4. The van der Waals surface area contributed by atoms with E-state index in [0.717, 1.165) is 0 Å². The number of rotatable bonds is 5. The van der Waals surface area contributed by atoms with Gasteiger partial charge >= 0.3 is 5.97 Å². The first-order valence-corrected chi connectivity index (χ1v) is 3.93. The normalized spacial score (nSPS) is 11.3. The van der Waals surface area contributed by atoms with Crippen LogP contribution in [0.25, 0.3) is 0 Å². The molecule has 0 heterocycles. The van der Waals surface area contributed by atoms with Crippen molar-refractivity contribution in [2.75, 3.05) is 19.8 Å². The summed E-state index contributed by atoms with van der Waals surface area (Å²) in [5, 5.41) is 17.2. The van der Waals surface area contributed by atoms with Gasteiger partial charge in [0.15, 0.2) is 0 Å². The summed E-state index contributed by atoms with van der Waals surface area (Å²) in [6, 6.07) is 0. The number of aliphatic hydroxyl groups is 2. The Labute approximate surface area is 72.2 Å². The Balaban J connectivity index is 3.72. The Morgan fingerprint density at radius 2 is 2.00 bits per heavy atom. The first-order chi connectivity index (χ1) is 5.54. The lowest BCUT2D eigenvalue weighted by atomic mass is 9.95. The average molecular weight is 176 g/mol. The van der Waals surface area contributed by atoms with Crippen molar-refractivity contribution >= 4 is 5.97 Å². The molecule has 0 spiro atoms. The molecule has 0 saturated heterocycles. The highest BCUT2D eigenvalue weighted by atomic mass is 16.5. The van der Waals surface area contributed by atoms with Gasteiger partial charge in [0.2, 0.25) is 0 Å². The summed E-state index contributed by atoms with van der Waals surface area (Å²) in [6.45, 7) is 3.19. The molecule has 0 aromatic carbocycles. The highest BCUT2D eigenvalue weighted by Crippen LogP contribution is 2.15. The van der Waals surface area contributed by atoms with Crippen LogP contribution < -0.4 is 0 Å². The molecule has 2 N–H and O–H groups in total. The lowest BCUT2D eigenvalue weighted by Crippen LogP contribution is -2.30. The highest BCUT2D eigenvalue weighted by Gasteiger charge is 2.28. The zero-order valence-corrected chi connectivity index (χ0v) is 7.54. The molecule has 72 valence electrons. The Morgan fingerprint density at radius 3 is 2.42 bits per heavy atom. The van der Waals surface area contributed by atoms with Crippen LogP contribution in [0.4, 0.5) is 0 Å². The predicted octanol–water partition coefficient (Wildman–Crippen LogP) is -0.0695. The highest BCUT2D eigenvalue weighted by molar-refractivity contribution is 5.75. The first-order valence-electron chi connectivity index (χ1n) is 3.93. The third-order valence-corrected chi connectivity index (χ3v) is 1.48. The van der Waals surface area contributed by atoms with E-state index in [4.69, 9.17) is 14.9 Å². The Morgan fingerprint density at radius 1 is 1.42 bits per heavy atom. The van der Waals surface area contributed by atoms with Crippen LogP contribution in [0.15, 0.2) is 0 Å². The number of hydrogen-bond donors (Lipinski definition) is 2. The van der Waals surface area contributed by atoms with Crippen LogP contribution in [0.5, 0.6) is 0 Å². The Kier molecular flexibility index (Phi) is 4.85. The Bertz CT molecular complexity index is 142. The Hall–Kier alpha value is -0.610. The third-order valence-electron chi connectivity index (χ3n) is 1.48. The van der Waals surface area contributed by atoms with Crippen molar-refractivity contribution in [3.63, 3.8) is 0 Å². The molecule has 0 aliphatic carbocycles. The van der Waals surface area contributed by atoms with Crippen molar-refractivity contribution in [2.45, 2.75) is 20.3 Å². The quantitative estimate of drug-likeness (QED) is 0.454. The maximum Gasteiger partial charge on any atom is 0.313 e. The van der Waals surface area contributed by atoms with Gasteiger partial charge in [0, 0.05) is 13.0 Å². The zero-order chi connectivity index (χ0) is 9.61. The summed E-state index contributed by atoms with van der Waals surface area (Å²) in [4.78, 5) is 11.1. The van der Waals surface area contributed by atoms with Crippen molar-refractivity contribution < 1.29 is 19.7 Å². The van der Waals surface area contributed by atoms with E-state index in [1.807, 2.05) is 0 Å². The topological polar surface area (TPSA) is 66.8 Å². The molecule has 0 rings (SSSR count). The summed E-state index contributed by atoms with van der Waals surface area (Å²) in [5.74, 6) is -0.432. The molecule has 0 aromatic heterocycles. The molecule has 4 nitrogen and oxygen atoms in total. The molecule has 0 radical (unpaired) electrons. The van der Waals surface area contributed by atoms with Crippen LogP contribution in [-0.4, -0.2) is 36.0 Å². The predicted molar refractivity (Wildman–Crippen MR) is 43.5 cm³/mol. The first kappa shape index (κ1) is 11.4. The fourth-order valence-corrected chi connectivity index (χ4v) is 0.489. The maximum atomic E-state index is 11.1. The van der Waals surface area contributed by atoms with Crippen LogP contribution in [0.2, 0.25) is 0 Å². The standard InChI is InChI=1S/C8H16O4/c1-8(2,6-10)7(11)12-5-3-4-9/h9-10H,3-6H2,1-2H3. The van der Waals surface area contributed by atoms with E-state index in [2.05, 4.69) is 0 Å². The van der Waals surface area contributed by atoms with E-state index < -0.39 is 11.4 Å². The van der Waals surface area contributed by atoms with Gasteiger partial charge < -0.3 is 14.9 Å². The zero-order valence-electron chi connectivity index (χ0n) is 7.54. The van der Waals surface area contributed by atoms with Gasteiger partial charge in [-0.05, 0) is 13.8 Å². The second-order valence-corrected chi connectivity index (χ2v) is 3.26. The van der Waals surface area contributed by atoms with Crippen molar-refractivity contribution in [3.8, 4) is 0 Å². The number of carbonyl (C=O) groups is 1. The summed E-state index contributed by atoms with van der Waals surface area (Å²) < 4.78 is 4.78. The van der Waals surface area contributed by atoms with Crippen molar-refractivity contribution in [3.05, 3.63) is 0 Å². The van der Waals surface area contributed by atoms with E-state index in [0.29, 0.717) is 6.42 Å². The molecular formula is C8H16O4. The largest absolute Gasteiger partial charge is 0.465 e. The van der Waals surface area contributed by atoms with E-state index in [1.54, 1.807) is 13.8 Å². The minimum Gasteiger partial charge on any atom is -0.465 e. The molecule has 0 unspecified atom stereocenters. The van der Waals surface area contributed by atoms with E-state index in [9.17, 15) is 4.79 Å². The number of ether oxygens (including phenoxy) is 1. The lowest BCUT2D eigenvalue weighted by Gasteiger charge is -2.18. The van der Waals surface area contributed by atoms with Gasteiger partial charge in [-0.3, -0.25) is 4.79 Å². The fourth-order valence-electron chi connectivity index (χ4n) is 0.489. The molecule has 0 bridgehead atoms. The van der Waals surface area contributed by atoms with Gasteiger partial charge in [-0.15, -0.1) is 0 Å². The van der Waals surface area contributed by atoms with Crippen LogP contribution >= 0.6 is 0 Å². The number of carbonyl (C=O) groups excluding carboxylic acids is 1. The molecule has 0 saturated carbocycles. The van der Waals surface area contributed by atoms with Gasteiger partial charge in [-0.2, -0.15) is 0 Å². The van der Waals surface area contributed by atoms with Gasteiger partial charge in [0.25, 0.3) is 0 Å². The molecule has 4 heteroatoms. The van der Waals surface area contributed by atoms with Crippen molar-refractivity contribution in [1.29, 1.82) is 0 Å². The molecule has 0 fully saturated rings. The minimum absolute atomic E-state index is 0.00678. The van der Waals surface area contributed by atoms with Crippen LogP contribution in [0.3, 0.4) is 0 Å². The minimum atomic E-state index is -0.838. The average Bonchev–Trinajstić information content (AvgIpc) is 2.05. The van der Waals surface area contributed by atoms with E-state index >= 15 is 0 Å². The molecule has 0 amide bonds. The maximum absolute atomic E-state index is 11.1. The summed E-state index contributed by atoms with van der Waals surface area (Å²) in [7, 11) is 0. The molecule has 12 heavy (non-hydrogen) atoms. The molecule has 0 aliphatic rings. The monoisotopic (exact) mass is 176 g/mol. The lowest BCUT2D eigenvalue weighted by molar-refractivity contribution is -0.156. The summed E-state index contributed by atoms with van der Waals surface area (Å²) >= 11 is 0. The van der Waals surface area contributed by atoms with Gasteiger partial charge in [-0.1, -0.05) is 0 Å². The van der Waals surface area contributed by atoms with Crippen LogP contribution in [0, 0.1) is 5.41 Å². The van der Waals surface area contributed by atoms with Crippen LogP contribution in [0.1, 0.15) is 20.3 Å². The number of esters is 1. The summed E-state index contributed by atoms with van der Waals surface area (Å²) in [6.07, 6.45) is 0.438. The van der Waals surface area contributed by atoms with E-state index in [1.165, 1.54) is 0 Å². The fraction of sp³-hybridized carbons (Fsp3) is 0.875. The van der Waals surface area contributed by atoms with Crippen molar-refractivity contribution in [1.82, 2.24) is 0 Å². The van der Waals surface area contributed by atoms with Gasteiger partial charge in [0.1, 0.15) is 0 Å². The molecule has 0 aliphatic heterocycles. The number of aliphatic hydroxyl groups excluding tert-OH is 2. The molecule has 0 atom stereocenters. The molecular weight excluding hydrogens is 160 g/mol. The molecule has 0 aromatic rings. The summed E-state index contributed by atoms with van der Waals surface area (Å²) in [5.41, 5.74) is -0.838. The van der Waals surface area contributed by atoms with E-state index in [-0.39, 0.29) is 19.8 Å². The van der Waals surface area contributed by atoms with Crippen LogP contribution in [-0.2, 0) is 9.53 Å². The second-order valence-electron chi connectivity index (χ2n) is 3.26. The van der Waals surface area contributed by atoms with Gasteiger partial charge in [-0.25, -0.2) is 0 Å². The van der Waals surface area contributed by atoms with Gasteiger partial charge in [0.05, 0.1) is 18.6 Å². The smallest absolute Gasteiger partial charge is 0.313 e. The van der Waals surface area contributed by atoms with Crippen molar-refractivity contribution in [2.24, 2.45) is 5.41 Å². The SMILES string of the molecule is CC(C)(CO)C(=O)OCCCO.